The average molecular weight is 427 g/mol. The molecule has 31 heavy (non-hydrogen) atoms. The van der Waals surface area contributed by atoms with Gasteiger partial charge >= 0.3 is 6.18 Å². The van der Waals surface area contributed by atoms with Crippen molar-refractivity contribution in [1.29, 1.82) is 0 Å². The van der Waals surface area contributed by atoms with E-state index in [0.717, 1.165) is 6.54 Å². The number of hydrogen-bond donors (Lipinski definition) is 1. The van der Waals surface area contributed by atoms with E-state index in [1.807, 2.05) is 19.0 Å². The van der Waals surface area contributed by atoms with Crippen LogP contribution < -0.4 is 4.74 Å². The molecule has 0 unspecified atom stereocenters. The Hall–Kier alpha value is -3.25. The fraction of sp³-hybridized carbons (Fsp3) is 0.200. The zero-order valence-electron chi connectivity index (χ0n) is 17.4. The van der Waals surface area contributed by atoms with Gasteiger partial charge in [0.05, 0.1) is 5.57 Å². The Morgan fingerprint density at radius 1 is 0.806 bits per heavy atom. The minimum atomic E-state index is -4.59. The summed E-state index contributed by atoms with van der Waals surface area (Å²) in [6.07, 6.45) is -4.59. The highest BCUT2D eigenvalue weighted by atomic mass is 19.4. The molecule has 162 valence electrons. The summed E-state index contributed by atoms with van der Waals surface area (Å²) in [5, 5.41) is 9.62. The topological polar surface area (TPSA) is 32.7 Å². The summed E-state index contributed by atoms with van der Waals surface area (Å²) in [6.45, 7) is 1.21. The summed E-state index contributed by atoms with van der Waals surface area (Å²) in [5.74, 6) is 0.574. The zero-order valence-corrected chi connectivity index (χ0v) is 17.4. The SMILES string of the molecule is CN(C)CCOc1ccc(C(=C(c2ccccc2)C(F)(F)F)c2ccc(O)cc2)cc1. The Labute approximate surface area is 180 Å². The molecule has 0 aliphatic rings. The van der Waals surface area contributed by atoms with Crippen molar-refractivity contribution in [2.24, 2.45) is 0 Å². The molecule has 3 aromatic rings. The van der Waals surface area contributed by atoms with Crippen LogP contribution in [-0.4, -0.2) is 43.4 Å². The number of alkyl halides is 3. The van der Waals surface area contributed by atoms with Crippen LogP contribution in [0, 0.1) is 0 Å². The maximum atomic E-state index is 14.3. The van der Waals surface area contributed by atoms with Gasteiger partial charge in [-0.2, -0.15) is 13.2 Å². The predicted molar refractivity (Wildman–Crippen MR) is 117 cm³/mol. The fourth-order valence-electron chi connectivity index (χ4n) is 3.20. The molecule has 3 rings (SSSR count). The van der Waals surface area contributed by atoms with Gasteiger partial charge in [-0.05, 0) is 55.1 Å². The van der Waals surface area contributed by atoms with Crippen molar-refractivity contribution in [3.8, 4) is 11.5 Å². The highest BCUT2D eigenvalue weighted by molar-refractivity contribution is 6.00. The molecule has 3 aromatic carbocycles. The standard InChI is InChI=1S/C25H24F3NO2/c1-29(2)16-17-31-22-14-10-19(11-15-22)23(18-8-12-21(30)13-9-18)24(25(26,27)28)20-6-4-3-5-7-20/h3-15,30H,16-17H2,1-2H3. The van der Waals surface area contributed by atoms with Gasteiger partial charge in [-0.3, -0.25) is 0 Å². The third-order valence-corrected chi connectivity index (χ3v) is 4.70. The summed E-state index contributed by atoms with van der Waals surface area (Å²) in [6, 6.07) is 20.1. The number of nitrogens with zero attached hydrogens (tertiary/aromatic N) is 1. The van der Waals surface area contributed by atoms with Crippen LogP contribution in [0.3, 0.4) is 0 Å². The molecule has 3 nitrogen and oxygen atoms in total. The minimum Gasteiger partial charge on any atom is -0.508 e. The summed E-state index contributed by atoms with van der Waals surface area (Å²) in [5.41, 5.74) is 0.139. The van der Waals surface area contributed by atoms with Crippen LogP contribution in [-0.2, 0) is 0 Å². The fourth-order valence-corrected chi connectivity index (χ4v) is 3.20. The first-order chi connectivity index (χ1) is 14.8. The molecular weight excluding hydrogens is 403 g/mol. The largest absolute Gasteiger partial charge is 0.508 e. The number of rotatable bonds is 7. The highest BCUT2D eigenvalue weighted by Crippen LogP contribution is 2.43. The summed E-state index contributed by atoms with van der Waals surface area (Å²) in [4.78, 5) is 1.98. The van der Waals surface area contributed by atoms with Crippen LogP contribution in [0.2, 0.25) is 0 Å². The monoisotopic (exact) mass is 427 g/mol. The Kier molecular flexibility index (Phi) is 7.02. The quantitative estimate of drug-likeness (QED) is 0.480. The summed E-state index contributed by atoms with van der Waals surface area (Å²) in [7, 11) is 3.87. The van der Waals surface area contributed by atoms with Crippen molar-refractivity contribution in [3.05, 3.63) is 95.6 Å². The third-order valence-electron chi connectivity index (χ3n) is 4.70. The lowest BCUT2D eigenvalue weighted by Crippen LogP contribution is -2.19. The van der Waals surface area contributed by atoms with Crippen molar-refractivity contribution in [2.75, 3.05) is 27.2 Å². The van der Waals surface area contributed by atoms with Gasteiger partial charge in [-0.15, -0.1) is 0 Å². The molecule has 0 radical (unpaired) electrons. The first-order valence-corrected chi connectivity index (χ1v) is 9.80. The van der Waals surface area contributed by atoms with Gasteiger partial charge in [0.1, 0.15) is 18.1 Å². The van der Waals surface area contributed by atoms with Gasteiger partial charge in [0.25, 0.3) is 0 Å². The Balaban J connectivity index is 2.13. The Bertz CT molecular complexity index is 1010. The van der Waals surface area contributed by atoms with E-state index in [9.17, 15) is 18.3 Å². The molecule has 0 fully saturated rings. The second kappa shape index (κ2) is 9.71. The van der Waals surface area contributed by atoms with E-state index in [2.05, 4.69) is 0 Å². The smallest absolute Gasteiger partial charge is 0.417 e. The van der Waals surface area contributed by atoms with E-state index >= 15 is 0 Å². The molecule has 0 spiro atoms. The van der Waals surface area contributed by atoms with Gasteiger partial charge in [-0.1, -0.05) is 54.6 Å². The number of halogens is 3. The first kappa shape index (κ1) is 22.4. The van der Waals surface area contributed by atoms with Gasteiger partial charge < -0.3 is 14.7 Å². The predicted octanol–water partition coefficient (Wildman–Crippen LogP) is 5.85. The van der Waals surface area contributed by atoms with Crippen molar-refractivity contribution in [3.63, 3.8) is 0 Å². The van der Waals surface area contributed by atoms with Crippen LogP contribution in [0.4, 0.5) is 13.2 Å². The second-order valence-corrected chi connectivity index (χ2v) is 7.34. The lowest BCUT2D eigenvalue weighted by Gasteiger charge is -2.20. The summed E-state index contributed by atoms with van der Waals surface area (Å²) >= 11 is 0. The average Bonchev–Trinajstić information content (AvgIpc) is 2.73. The van der Waals surface area contributed by atoms with Crippen LogP contribution in [0.25, 0.3) is 11.1 Å². The first-order valence-electron chi connectivity index (χ1n) is 9.80. The van der Waals surface area contributed by atoms with Gasteiger partial charge in [0.15, 0.2) is 0 Å². The van der Waals surface area contributed by atoms with Crippen molar-refractivity contribution >= 4 is 11.1 Å². The van der Waals surface area contributed by atoms with Crippen LogP contribution in [0.1, 0.15) is 16.7 Å². The molecule has 0 atom stereocenters. The molecular formula is C25H24F3NO2. The molecule has 6 heteroatoms. The van der Waals surface area contributed by atoms with Crippen LogP contribution >= 0.6 is 0 Å². The number of hydrogen-bond acceptors (Lipinski definition) is 3. The van der Waals surface area contributed by atoms with Gasteiger partial charge in [0.2, 0.25) is 0 Å². The molecule has 0 aliphatic carbocycles. The molecule has 0 amide bonds. The molecule has 1 N–H and O–H groups in total. The summed E-state index contributed by atoms with van der Waals surface area (Å²) < 4.78 is 48.5. The number of phenolic OH excluding ortho intramolecular Hbond substituents is 1. The molecule has 0 aromatic heterocycles. The van der Waals surface area contributed by atoms with Crippen LogP contribution in [0.15, 0.2) is 78.9 Å². The maximum Gasteiger partial charge on any atom is 0.417 e. The maximum absolute atomic E-state index is 14.3. The van der Waals surface area contributed by atoms with E-state index in [4.69, 9.17) is 4.74 Å². The number of likely N-dealkylation sites (N-methyl/N-ethyl adjacent to an activating group) is 1. The molecule has 0 heterocycles. The van der Waals surface area contributed by atoms with Gasteiger partial charge in [0, 0.05) is 12.1 Å². The Morgan fingerprint density at radius 3 is 1.87 bits per heavy atom. The lowest BCUT2D eigenvalue weighted by molar-refractivity contribution is -0.0685. The molecule has 0 aliphatic heterocycles. The highest BCUT2D eigenvalue weighted by Gasteiger charge is 2.38. The lowest BCUT2D eigenvalue weighted by atomic mass is 9.89. The number of phenols is 1. The van der Waals surface area contributed by atoms with E-state index in [-0.39, 0.29) is 16.9 Å². The molecule has 0 saturated carbocycles. The Morgan fingerprint density at radius 2 is 1.35 bits per heavy atom. The number of aromatic hydroxyl groups is 1. The number of allylic oxidation sites excluding steroid dienone is 1. The third kappa shape index (κ3) is 5.89. The van der Waals surface area contributed by atoms with Crippen molar-refractivity contribution in [1.82, 2.24) is 4.90 Å². The minimum absolute atomic E-state index is 0.0130. The number of ether oxygens (including phenoxy) is 1. The van der Waals surface area contributed by atoms with E-state index in [1.54, 1.807) is 42.5 Å². The normalized spacial score (nSPS) is 12.6. The van der Waals surface area contributed by atoms with Crippen LogP contribution in [0.5, 0.6) is 11.5 Å². The van der Waals surface area contributed by atoms with Gasteiger partial charge in [-0.25, -0.2) is 0 Å². The van der Waals surface area contributed by atoms with E-state index < -0.39 is 11.7 Å². The van der Waals surface area contributed by atoms with Crippen molar-refractivity contribution in [2.45, 2.75) is 6.18 Å². The second-order valence-electron chi connectivity index (χ2n) is 7.34. The van der Waals surface area contributed by atoms with E-state index in [0.29, 0.717) is 23.5 Å². The molecule has 0 saturated heterocycles. The van der Waals surface area contributed by atoms with Crippen molar-refractivity contribution < 1.29 is 23.0 Å². The van der Waals surface area contributed by atoms with E-state index in [1.165, 1.54) is 36.4 Å². The number of benzene rings is 3. The molecule has 0 bridgehead atoms. The zero-order chi connectivity index (χ0) is 22.4.